The molecule has 4 heterocycles. The Morgan fingerprint density at radius 1 is 0.930 bits per heavy atom. The number of nitrogens with zero attached hydrogens (tertiary/aromatic N) is 8. The third-order valence-electron chi connectivity index (χ3n) is 14.2. The van der Waals surface area contributed by atoms with Crippen molar-refractivity contribution in [1.82, 2.24) is 39.0 Å². The first kappa shape index (κ1) is 55.1. The van der Waals surface area contributed by atoms with Gasteiger partial charge in [0.1, 0.15) is 35.3 Å². The van der Waals surface area contributed by atoms with Gasteiger partial charge < -0.3 is 39.1 Å². The number of nitrogens with one attached hydrogen (secondary N) is 1. The number of alkyl halides is 2. The summed E-state index contributed by atoms with van der Waals surface area (Å²) in [6.07, 6.45) is -3.82. The molecule has 71 heavy (non-hydrogen) atoms. The minimum absolute atomic E-state index is 0.0475. The maximum absolute atomic E-state index is 16.5. The number of aromatic nitrogens is 5. The summed E-state index contributed by atoms with van der Waals surface area (Å²) >= 11 is 0. The number of aromatic hydroxyl groups is 3. The van der Waals surface area contributed by atoms with E-state index in [1.54, 1.807) is 30.1 Å². The van der Waals surface area contributed by atoms with Gasteiger partial charge in [-0.05, 0) is 79.1 Å². The maximum Gasteiger partial charge on any atom is 0.351 e. The Kier molecular flexibility index (Phi) is 16.1. The topological polar surface area (TPSA) is 210 Å². The third kappa shape index (κ3) is 12.2. The first-order valence-electron chi connectivity index (χ1n) is 23.7. The van der Waals surface area contributed by atoms with Crippen LogP contribution in [-0.2, 0) is 29.7 Å². The molecule has 390 valence electrons. The first-order chi connectivity index (χ1) is 32.8. The number of carbonyl (C=O) groups excluding carboxylic acids is 2. The fraction of sp³-hybridized carbons (Fsp3) is 0.583. The summed E-state index contributed by atoms with van der Waals surface area (Å²) in [5, 5.41) is 41.2. The van der Waals surface area contributed by atoms with Crippen LogP contribution in [0.4, 0.5) is 19.0 Å². The molecule has 2 fully saturated rings. The molecule has 4 aromatic rings. The zero-order chi connectivity index (χ0) is 52.8. The van der Waals surface area contributed by atoms with E-state index in [4.69, 9.17) is 13.6 Å². The molecule has 0 unspecified atom stereocenters. The number of piperazine rings is 1. The standard InChI is InChI=1S/C48H70F3N9O9Si2/c1-29(2)32-23-33(36(62)24-35(32)61)42-54-55-45(66)60(42)31-15-14-30(34(49)22-31)25-57-18-20-58(21-19-57)40(64)27-56(9)26-39(63)52-38-16-17-59(44(65)53-38)43-48(50,51)41(69-71(12,13)47(6,7)8)37(68-43)28-67-70(10,11)46(3,4)5/h14-17,22-24,29,37,41,43,61-62H,18-21,25-28H2,1-13H3,(H,55,66)(H,52,53,63,65)/t37-,41-,43-/m1/s1. The fourth-order valence-corrected chi connectivity index (χ4v) is 10.2. The summed E-state index contributed by atoms with van der Waals surface area (Å²) in [6, 6.07) is 7.85. The van der Waals surface area contributed by atoms with Gasteiger partial charge in [-0.15, -0.1) is 5.10 Å². The highest BCUT2D eigenvalue weighted by molar-refractivity contribution is 6.74. The smallest absolute Gasteiger partial charge is 0.351 e. The number of ether oxygens (including phenoxy) is 1. The van der Waals surface area contributed by atoms with Gasteiger partial charge >= 0.3 is 17.6 Å². The first-order valence-corrected chi connectivity index (χ1v) is 29.5. The van der Waals surface area contributed by atoms with Crippen LogP contribution < -0.4 is 11.0 Å². The summed E-state index contributed by atoms with van der Waals surface area (Å²) in [4.78, 5) is 48.8. The quantitative estimate of drug-likeness (QED) is 0.0831. The van der Waals surface area contributed by atoms with Crippen LogP contribution in [0.3, 0.4) is 0 Å². The number of likely N-dealkylation sites (N-methyl/N-ethyl adjacent to an activating group) is 1. The fourth-order valence-electron chi connectivity index (χ4n) is 7.85. The van der Waals surface area contributed by atoms with Crippen molar-refractivity contribution in [1.29, 1.82) is 0 Å². The monoisotopic (exact) mass is 1030 g/mol. The molecule has 0 saturated carbocycles. The molecular weight excluding hydrogens is 960 g/mol. The molecule has 0 spiro atoms. The van der Waals surface area contributed by atoms with E-state index in [2.05, 4.69) is 20.5 Å². The highest BCUT2D eigenvalue weighted by Crippen LogP contribution is 2.49. The van der Waals surface area contributed by atoms with Crippen LogP contribution in [-0.4, -0.2) is 154 Å². The largest absolute Gasteiger partial charge is 0.508 e. The molecule has 2 amide bonds. The molecule has 2 aliphatic rings. The van der Waals surface area contributed by atoms with Gasteiger partial charge in [-0.1, -0.05) is 66.6 Å². The van der Waals surface area contributed by atoms with E-state index in [0.29, 0.717) is 41.9 Å². The molecule has 2 aromatic heterocycles. The van der Waals surface area contributed by atoms with Crippen molar-refractivity contribution in [2.75, 3.05) is 58.2 Å². The molecule has 0 aliphatic carbocycles. The highest BCUT2D eigenvalue weighted by Gasteiger charge is 2.63. The van der Waals surface area contributed by atoms with E-state index in [0.717, 1.165) is 6.20 Å². The molecular formula is C48H70F3N9O9Si2. The lowest BCUT2D eigenvalue weighted by Crippen LogP contribution is -2.53. The number of anilines is 1. The second-order valence-corrected chi connectivity index (χ2v) is 31.5. The van der Waals surface area contributed by atoms with Crippen molar-refractivity contribution >= 4 is 34.3 Å². The number of phenols is 2. The summed E-state index contributed by atoms with van der Waals surface area (Å²) in [5.41, 5.74) is 0.241. The summed E-state index contributed by atoms with van der Waals surface area (Å²) < 4.78 is 69.3. The number of halogens is 3. The number of hydrogen-bond acceptors (Lipinski definition) is 14. The average Bonchev–Trinajstić information content (AvgIpc) is 3.74. The SMILES string of the molecule is CC(C)c1cc(-c2nnc(O)n2-c2ccc(CN3CCN(C(=O)CN(C)CC(=O)Nc4ccn([C@@H]5O[C@H](CO[Si](C)(C)C(C)(C)C)[C@@H](O[Si](C)(C)C(C)(C)C)C5(F)F)c(=O)n4)CC3)c(F)c2)c(O)cc1O. The van der Waals surface area contributed by atoms with Crippen LogP contribution >= 0.6 is 0 Å². The number of carbonyl (C=O) groups is 2. The molecule has 2 saturated heterocycles. The van der Waals surface area contributed by atoms with Gasteiger partial charge in [0.15, 0.2) is 22.5 Å². The molecule has 0 radical (unpaired) electrons. The number of amides is 2. The van der Waals surface area contributed by atoms with E-state index in [9.17, 15) is 29.7 Å². The van der Waals surface area contributed by atoms with E-state index in [1.165, 1.54) is 27.7 Å². The van der Waals surface area contributed by atoms with Gasteiger partial charge in [0.05, 0.1) is 30.9 Å². The number of benzene rings is 2. The van der Waals surface area contributed by atoms with Crippen molar-refractivity contribution in [3.05, 3.63) is 70.0 Å². The van der Waals surface area contributed by atoms with E-state index < -0.39 is 69.5 Å². The molecule has 2 aliphatic heterocycles. The third-order valence-corrected chi connectivity index (χ3v) is 23.2. The van der Waals surface area contributed by atoms with Gasteiger partial charge in [-0.2, -0.15) is 13.8 Å². The Balaban J connectivity index is 1.02. The Labute approximate surface area is 415 Å². The molecule has 18 nitrogen and oxygen atoms in total. The molecule has 23 heteroatoms. The minimum atomic E-state index is -3.65. The normalized spacial score (nSPS) is 19.2. The van der Waals surface area contributed by atoms with Gasteiger partial charge in [-0.3, -0.25) is 24.0 Å². The second kappa shape index (κ2) is 20.7. The van der Waals surface area contributed by atoms with Crippen LogP contribution in [0.5, 0.6) is 17.5 Å². The lowest BCUT2D eigenvalue weighted by atomic mass is 9.98. The van der Waals surface area contributed by atoms with Gasteiger partial charge in [0, 0.05) is 50.6 Å². The van der Waals surface area contributed by atoms with Crippen LogP contribution in [0.2, 0.25) is 36.3 Å². The lowest BCUT2D eigenvalue weighted by molar-refractivity contribution is -0.138. The van der Waals surface area contributed by atoms with E-state index >= 15 is 13.2 Å². The van der Waals surface area contributed by atoms with Crippen LogP contribution in [0.15, 0.2) is 47.4 Å². The summed E-state index contributed by atoms with van der Waals surface area (Å²) in [5.74, 6) is -5.64. The van der Waals surface area contributed by atoms with Crippen molar-refractivity contribution in [3.8, 4) is 34.6 Å². The number of rotatable bonds is 16. The number of phenolic OH excluding ortho intramolecular Hbond substituents is 2. The number of hydrogen-bond donors (Lipinski definition) is 4. The molecule has 6 rings (SSSR count). The summed E-state index contributed by atoms with van der Waals surface area (Å²) in [6.45, 7) is 24.8. The van der Waals surface area contributed by atoms with Crippen molar-refractivity contribution in [3.63, 3.8) is 0 Å². The van der Waals surface area contributed by atoms with Crippen LogP contribution in [0.1, 0.15) is 78.7 Å². The van der Waals surface area contributed by atoms with Crippen molar-refractivity contribution < 1.29 is 51.7 Å². The molecule has 4 N–H and O–H groups in total. The predicted molar refractivity (Wildman–Crippen MR) is 266 cm³/mol. The molecule has 3 atom stereocenters. The lowest BCUT2D eigenvalue weighted by Gasteiger charge is -2.41. The van der Waals surface area contributed by atoms with Crippen molar-refractivity contribution in [2.45, 2.75) is 128 Å². The Bertz CT molecular complexity index is 2640. The zero-order valence-electron chi connectivity index (χ0n) is 43.0. The Morgan fingerprint density at radius 3 is 2.17 bits per heavy atom. The minimum Gasteiger partial charge on any atom is -0.508 e. The van der Waals surface area contributed by atoms with Gasteiger partial charge in [0.25, 0.3) is 0 Å². The zero-order valence-corrected chi connectivity index (χ0v) is 45.0. The van der Waals surface area contributed by atoms with Gasteiger partial charge in [-0.25, -0.2) is 13.8 Å². The Hall–Kier alpha value is -5.18. The Morgan fingerprint density at radius 2 is 1.58 bits per heavy atom. The summed E-state index contributed by atoms with van der Waals surface area (Å²) in [7, 11) is -3.58. The van der Waals surface area contributed by atoms with E-state index in [-0.39, 0.29) is 77.5 Å². The van der Waals surface area contributed by atoms with Crippen molar-refractivity contribution in [2.24, 2.45) is 0 Å². The molecule has 0 bridgehead atoms. The average molecular weight is 1030 g/mol. The highest BCUT2D eigenvalue weighted by atomic mass is 28.4. The maximum atomic E-state index is 16.5. The second-order valence-electron chi connectivity index (χ2n) is 22.0. The van der Waals surface area contributed by atoms with E-state index in [1.807, 2.05) is 86.5 Å². The predicted octanol–water partition coefficient (Wildman–Crippen LogP) is 7.03. The van der Waals surface area contributed by atoms with Gasteiger partial charge in [0.2, 0.25) is 18.0 Å². The molecule has 2 aromatic carbocycles. The van der Waals surface area contributed by atoms with Crippen LogP contribution in [0, 0.1) is 5.82 Å². The van der Waals surface area contributed by atoms with Crippen LogP contribution in [0.25, 0.3) is 17.1 Å².